The van der Waals surface area contributed by atoms with Crippen molar-refractivity contribution >= 4 is 5.84 Å². The number of nitrogens with two attached hydrogens (primary N) is 1. The summed E-state index contributed by atoms with van der Waals surface area (Å²) in [4.78, 5) is 7.97. The van der Waals surface area contributed by atoms with E-state index in [2.05, 4.69) is 29.0 Å². The van der Waals surface area contributed by atoms with Gasteiger partial charge in [0.15, 0.2) is 5.84 Å². The van der Waals surface area contributed by atoms with E-state index in [1.807, 2.05) is 6.92 Å². The maximum atomic E-state index is 8.44. The van der Waals surface area contributed by atoms with Crippen LogP contribution in [0.15, 0.2) is 17.5 Å². The number of hydrogen-bond donors (Lipinski definition) is 2. The first kappa shape index (κ1) is 12.2. The predicted molar refractivity (Wildman–Crippen MR) is 59.5 cm³/mol. The lowest BCUT2D eigenvalue weighted by atomic mass is 10.1. The summed E-state index contributed by atoms with van der Waals surface area (Å²) in [6.07, 6.45) is 2.91. The third-order valence-corrected chi connectivity index (χ3v) is 2.24. The molecule has 1 aromatic rings. The third-order valence-electron chi connectivity index (χ3n) is 2.24. The van der Waals surface area contributed by atoms with Crippen LogP contribution in [0.4, 0.5) is 0 Å². The molecule has 0 fully saturated rings. The Morgan fingerprint density at radius 3 is 2.50 bits per heavy atom. The van der Waals surface area contributed by atoms with Gasteiger partial charge in [0, 0.05) is 0 Å². The Labute approximate surface area is 94.2 Å². The SMILES string of the molecule is CC(C)C(C)Oc1cnc(C(N)=NO)cn1. The zero-order valence-electron chi connectivity index (χ0n) is 9.58. The number of nitrogens with zero attached hydrogens (tertiary/aromatic N) is 3. The van der Waals surface area contributed by atoms with E-state index in [-0.39, 0.29) is 11.9 Å². The van der Waals surface area contributed by atoms with Gasteiger partial charge in [0.2, 0.25) is 5.88 Å². The van der Waals surface area contributed by atoms with Gasteiger partial charge in [0.05, 0.1) is 18.5 Å². The first-order valence-corrected chi connectivity index (χ1v) is 5.01. The number of ether oxygens (including phenoxy) is 1. The molecule has 1 aromatic heterocycles. The van der Waals surface area contributed by atoms with Gasteiger partial charge in [-0.3, -0.25) is 0 Å². The maximum Gasteiger partial charge on any atom is 0.232 e. The van der Waals surface area contributed by atoms with Crippen molar-refractivity contribution in [2.45, 2.75) is 26.9 Å². The normalized spacial score (nSPS) is 13.9. The van der Waals surface area contributed by atoms with Crippen molar-refractivity contribution in [2.75, 3.05) is 0 Å². The molecule has 6 heteroatoms. The summed E-state index contributed by atoms with van der Waals surface area (Å²) in [7, 11) is 0. The Morgan fingerprint density at radius 1 is 1.38 bits per heavy atom. The number of oxime groups is 1. The molecule has 6 nitrogen and oxygen atoms in total. The van der Waals surface area contributed by atoms with Gasteiger partial charge in [0.1, 0.15) is 5.69 Å². The van der Waals surface area contributed by atoms with Crippen molar-refractivity contribution in [1.29, 1.82) is 0 Å². The van der Waals surface area contributed by atoms with Crippen LogP contribution in [0.1, 0.15) is 26.5 Å². The molecule has 0 aliphatic carbocycles. The van der Waals surface area contributed by atoms with Gasteiger partial charge in [-0.25, -0.2) is 9.97 Å². The Hall–Kier alpha value is -1.85. The van der Waals surface area contributed by atoms with Gasteiger partial charge in [-0.05, 0) is 12.8 Å². The van der Waals surface area contributed by atoms with Gasteiger partial charge in [-0.1, -0.05) is 19.0 Å². The molecule has 0 radical (unpaired) electrons. The van der Waals surface area contributed by atoms with E-state index in [4.69, 9.17) is 15.7 Å². The maximum absolute atomic E-state index is 8.44. The van der Waals surface area contributed by atoms with Crippen molar-refractivity contribution < 1.29 is 9.94 Å². The van der Waals surface area contributed by atoms with Crippen LogP contribution in [0.5, 0.6) is 5.88 Å². The molecule has 0 aromatic carbocycles. The third kappa shape index (κ3) is 3.08. The summed E-state index contributed by atoms with van der Waals surface area (Å²) in [6, 6.07) is 0. The van der Waals surface area contributed by atoms with Crippen LogP contribution in [-0.4, -0.2) is 27.1 Å². The van der Waals surface area contributed by atoms with Crippen molar-refractivity contribution in [3.8, 4) is 5.88 Å². The molecule has 0 saturated carbocycles. The molecule has 0 aliphatic heterocycles. The number of amidine groups is 1. The zero-order valence-corrected chi connectivity index (χ0v) is 9.58. The highest BCUT2D eigenvalue weighted by atomic mass is 16.5. The van der Waals surface area contributed by atoms with Crippen LogP contribution >= 0.6 is 0 Å². The number of hydrogen-bond acceptors (Lipinski definition) is 5. The smallest absolute Gasteiger partial charge is 0.232 e. The van der Waals surface area contributed by atoms with Crippen LogP contribution < -0.4 is 10.5 Å². The molecular weight excluding hydrogens is 208 g/mol. The Morgan fingerprint density at radius 2 is 2.06 bits per heavy atom. The van der Waals surface area contributed by atoms with E-state index >= 15 is 0 Å². The van der Waals surface area contributed by atoms with Crippen LogP contribution in [0, 0.1) is 5.92 Å². The lowest BCUT2D eigenvalue weighted by molar-refractivity contribution is 0.162. The largest absolute Gasteiger partial charge is 0.473 e. The minimum Gasteiger partial charge on any atom is -0.473 e. The quantitative estimate of drug-likeness (QED) is 0.344. The predicted octanol–water partition coefficient (Wildman–Crippen LogP) is 0.994. The minimum atomic E-state index is -0.0732. The first-order valence-electron chi connectivity index (χ1n) is 5.01. The summed E-state index contributed by atoms with van der Waals surface area (Å²) in [6.45, 7) is 6.08. The van der Waals surface area contributed by atoms with E-state index in [0.29, 0.717) is 17.5 Å². The highest BCUT2D eigenvalue weighted by Gasteiger charge is 2.10. The highest BCUT2D eigenvalue weighted by molar-refractivity contribution is 5.94. The van der Waals surface area contributed by atoms with E-state index in [1.165, 1.54) is 12.4 Å². The molecule has 88 valence electrons. The fraction of sp³-hybridized carbons (Fsp3) is 0.500. The van der Waals surface area contributed by atoms with E-state index in [1.54, 1.807) is 0 Å². The fourth-order valence-electron chi connectivity index (χ4n) is 0.887. The van der Waals surface area contributed by atoms with E-state index in [9.17, 15) is 0 Å². The minimum absolute atomic E-state index is 0.0593. The molecule has 1 rings (SSSR count). The zero-order chi connectivity index (χ0) is 12.1. The number of aromatic nitrogens is 2. The topological polar surface area (TPSA) is 93.6 Å². The summed E-state index contributed by atoms with van der Waals surface area (Å²) in [5.41, 5.74) is 5.66. The van der Waals surface area contributed by atoms with Crippen molar-refractivity contribution in [1.82, 2.24) is 9.97 Å². The summed E-state index contributed by atoms with van der Waals surface area (Å²) >= 11 is 0. The fourth-order valence-corrected chi connectivity index (χ4v) is 0.887. The summed E-state index contributed by atoms with van der Waals surface area (Å²) in [5.74, 6) is 0.747. The molecule has 3 N–H and O–H groups in total. The van der Waals surface area contributed by atoms with Gasteiger partial charge < -0.3 is 15.7 Å². The molecule has 1 unspecified atom stereocenters. The average molecular weight is 224 g/mol. The van der Waals surface area contributed by atoms with Crippen molar-refractivity contribution in [3.63, 3.8) is 0 Å². The molecular formula is C10H16N4O2. The monoisotopic (exact) mass is 224 g/mol. The Kier molecular flexibility index (Phi) is 4.04. The Bertz CT molecular complexity index is 362. The average Bonchev–Trinajstić information content (AvgIpc) is 2.28. The lowest BCUT2D eigenvalue weighted by Gasteiger charge is -2.16. The molecule has 1 atom stereocenters. The van der Waals surface area contributed by atoms with Crippen LogP contribution in [-0.2, 0) is 0 Å². The molecule has 0 bridgehead atoms. The van der Waals surface area contributed by atoms with Gasteiger partial charge >= 0.3 is 0 Å². The van der Waals surface area contributed by atoms with Gasteiger partial charge in [-0.2, -0.15) is 0 Å². The highest BCUT2D eigenvalue weighted by Crippen LogP contribution is 2.11. The van der Waals surface area contributed by atoms with E-state index in [0.717, 1.165) is 0 Å². The van der Waals surface area contributed by atoms with Crippen molar-refractivity contribution in [3.05, 3.63) is 18.1 Å². The molecule has 0 spiro atoms. The van der Waals surface area contributed by atoms with Gasteiger partial charge in [-0.15, -0.1) is 0 Å². The van der Waals surface area contributed by atoms with Gasteiger partial charge in [0.25, 0.3) is 0 Å². The van der Waals surface area contributed by atoms with Crippen molar-refractivity contribution in [2.24, 2.45) is 16.8 Å². The molecule has 0 aliphatic rings. The van der Waals surface area contributed by atoms with E-state index < -0.39 is 0 Å². The second-order valence-corrected chi connectivity index (χ2v) is 3.79. The molecule has 0 amide bonds. The standard InChI is InChI=1S/C10H16N4O2/c1-6(2)7(3)16-9-5-12-8(4-13-9)10(11)14-15/h4-7,15H,1-3H3,(H2,11,14). The van der Waals surface area contributed by atoms with Crippen LogP contribution in [0.3, 0.4) is 0 Å². The van der Waals surface area contributed by atoms with Crippen LogP contribution in [0.25, 0.3) is 0 Å². The second kappa shape index (κ2) is 5.29. The molecule has 1 heterocycles. The number of rotatable bonds is 4. The van der Waals surface area contributed by atoms with Crippen LogP contribution in [0.2, 0.25) is 0 Å². The second-order valence-electron chi connectivity index (χ2n) is 3.79. The summed E-state index contributed by atoms with van der Waals surface area (Å²) < 4.78 is 5.53. The first-order chi connectivity index (χ1) is 7.54. The summed E-state index contributed by atoms with van der Waals surface area (Å²) in [5, 5.41) is 11.3. The Balaban J connectivity index is 2.72. The molecule has 16 heavy (non-hydrogen) atoms. The molecule has 0 saturated heterocycles. The lowest BCUT2D eigenvalue weighted by Crippen LogP contribution is -2.20.